The minimum atomic E-state index is -4.69. The number of nitrogens with zero attached hydrogens (tertiary/aromatic N) is 7. The molecule has 0 unspecified atom stereocenters. The lowest BCUT2D eigenvalue weighted by Gasteiger charge is -2.29. The third-order valence-electron chi connectivity index (χ3n) is 21.7. The first-order valence-electron chi connectivity index (χ1n) is 44.0. The summed E-state index contributed by atoms with van der Waals surface area (Å²) >= 11 is 0. The average Bonchev–Trinajstić information content (AvgIpc) is 0.804. The van der Waals surface area contributed by atoms with Gasteiger partial charge in [0.25, 0.3) is 29.5 Å². The van der Waals surface area contributed by atoms with Gasteiger partial charge >= 0.3 is 24.7 Å². The van der Waals surface area contributed by atoms with Gasteiger partial charge in [0.2, 0.25) is 0 Å². The lowest BCUT2D eigenvalue weighted by Crippen LogP contribution is -2.35. The van der Waals surface area contributed by atoms with Crippen LogP contribution in [0.3, 0.4) is 0 Å². The van der Waals surface area contributed by atoms with Gasteiger partial charge in [0, 0.05) is 129 Å². The number of anilines is 16. The molecular formula is C100H107F12N19O11. The Labute approximate surface area is 811 Å². The van der Waals surface area contributed by atoms with Crippen molar-refractivity contribution in [3.05, 3.63) is 275 Å². The van der Waals surface area contributed by atoms with Crippen molar-refractivity contribution >= 4 is 121 Å². The second-order valence-electron chi connectivity index (χ2n) is 31.5. The van der Waals surface area contributed by atoms with Gasteiger partial charge in [-0.25, -0.2) is 19.9 Å². The number of hydrogen-bond acceptors (Lipinski definition) is 25. The number of likely N-dealkylation sites (tertiary alicyclic amines) is 1. The summed E-state index contributed by atoms with van der Waals surface area (Å²) in [6.07, 6.45) is -13.8. The standard InChI is InChI=1S/C27H30F3N5O3.C27H32F3N5O3.C24H24F3N5O3.C22H21F3N4O2/c1-31-26(36)19-6-4-5-7-21(19)33-23-15-25(32-16-20(23)27(28,29)30)34-22-9-8-18(14-24(22)37-3)38-17-10-12-35(2)13-11-17;1-5-35(6-2)13-14-38-18-11-12-22(24(15-18)37-4)34-25-16-23(20(17-32-25)27(28,29)30)33-21-10-8-7-9-19(21)26(36)31-3;1-28-22(33)15-7-5-6-8-17(15)30-19-12-21(29-13-16(19)24(25,26)27)31-18-10-9-14(11-20(18)35-4)23(34)32(2)3;1-13-8-9-17(19(10-13)31-3)29-20-11-18(15(12-27-20)22(23,24)25)28-16-7-5-4-6-14(16)21(30)26-2/h4-9,14-17H,10-13H2,1-3H3,(H,31,36)(H2,32,33,34);7-12,15-17H,5-6,13-14H2,1-4H3,(H,31,36)(H2,32,33,34);5-13H,1-4H3,(H,28,33)(H2,29,30,31);4-12H,1-3H3,(H,26,30)(H2,27,28,29). The number of pyridine rings is 4. The number of likely N-dealkylation sites (N-methyl/N-ethyl adjacent to an activating group) is 1. The van der Waals surface area contributed by atoms with E-state index in [4.69, 9.17) is 28.4 Å². The normalized spacial score (nSPS) is 12.0. The number of aromatic nitrogens is 4. The van der Waals surface area contributed by atoms with Crippen LogP contribution in [0.25, 0.3) is 0 Å². The zero-order valence-electron chi connectivity index (χ0n) is 79.7. The zero-order valence-corrected chi connectivity index (χ0v) is 79.7. The maximum Gasteiger partial charge on any atom is 0.419 e. The fraction of sp³-hybridized carbons (Fsp3) is 0.270. The first kappa shape index (κ1) is 108. The molecule has 1 saturated heterocycles. The number of alkyl halides is 12. The molecule has 12 N–H and O–H groups in total. The minimum absolute atomic E-state index is 0.0860. The Balaban J connectivity index is 0.000000195. The van der Waals surface area contributed by atoms with Crippen LogP contribution in [0.5, 0.6) is 34.5 Å². The number of carbonyl (C=O) groups is 5. The van der Waals surface area contributed by atoms with Crippen LogP contribution in [0, 0.1) is 6.92 Å². The van der Waals surface area contributed by atoms with E-state index >= 15 is 0 Å². The molecule has 42 heteroatoms. The maximum atomic E-state index is 13.8. The third kappa shape index (κ3) is 29.5. The van der Waals surface area contributed by atoms with E-state index in [0.29, 0.717) is 75.6 Å². The molecular weight excluding hydrogens is 1870 g/mol. The second kappa shape index (κ2) is 49.5. The first-order valence-corrected chi connectivity index (χ1v) is 44.0. The second-order valence-corrected chi connectivity index (χ2v) is 31.5. The highest BCUT2D eigenvalue weighted by atomic mass is 19.4. The van der Waals surface area contributed by atoms with Crippen molar-refractivity contribution in [2.24, 2.45) is 0 Å². The number of piperidine rings is 1. The minimum Gasteiger partial charge on any atom is -0.495 e. The molecule has 0 bridgehead atoms. The molecule has 0 atom stereocenters. The summed E-state index contributed by atoms with van der Waals surface area (Å²) in [5, 5.41) is 32.8. The van der Waals surface area contributed by atoms with Crippen LogP contribution in [-0.2, 0) is 24.7 Å². The van der Waals surface area contributed by atoms with E-state index in [1.54, 1.807) is 123 Å². The molecule has 30 nitrogen and oxygen atoms in total. The van der Waals surface area contributed by atoms with Crippen LogP contribution in [-0.4, -0.2) is 187 Å². The number of methoxy groups -OCH3 is 4. The summed E-state index contributed by atoms with van der Waals surface area (Å²) in [4.78, 5) is 82.6. The Kier molecular flexibility index (Phi) is 37.7. The number of aryl methyl sites for hydroxylation is 1. The molecule has 752 valence electrons. The van der Waals surface area contributed by atoms with E-state index in [1.165, 1.54) is 140 Å². The number of nitrogens with one attached hydrogen (secondary N) is 12. The number of hydrogen-bond donors (Lipinski definition) is 12. The molecule has 13 rings (SSSR count). The van der Waals surface area contributed by atoms with Gasteiger partial charge in [-0.3, -0.25) is 24.0 Å². The largest absolute Gasteiger partial charge is 0.495 e. The van der Waals surface area contributed by atoms with E-state index in [-0.39, 0.29) is 103 Å². The van der Waals surface area contributed by atoms with Crippen LogP contribution in [0.15, 0.2) is 219 Å². The molecule has 1 fully saturated rings. The molecule has 0 radical (unpaired) electrons. The molecule has 12 aromatic rings. The molecule has 0 aliphatic carbocycles. The first-order chi connectivity index (χ1) is 67.6. The van der Waals surface area contributed by atoms with E-state index < -0.39 is 70.6 Å². The van der Waals surface area contributed by atoms with E-state index in [0.717, 1.165) is 69.7 Å². The van der Waals surface area contributed by atoms with Crippen LogP contribution >= 0.6 is 0 Å². The van der Waals surface area contributed by atoms with Crippen molar-refractivity contribution in [2.75, 3.05) is 160 Å². The number of halogens is 12. The van der Waals surface area contributed by atoms with Crippen LogP contribution in [0.1, 0.15) is 106 Å². The predicted molar refractivity (Wildman–Crippen MR) is 522 cm³/mol. The number of amides is 5. The zero-order chi connectivity index (χ0) is 103. The van der Waals surface area contributed by atoms with E-state index in [2.05, 4.69) is 114 Å². The molecule has 1 aliphatic rings. The average molecular weight is 1980 g/mol. The van der Waals surface area contributed by atoms with Crippen molar-refractivity contribution < 1.29 is 105 Å². The Bertz CT molecular complexity index is 6360. The summed E-state index contributed by atoms with van der Waals surface area (Å²) in [6, 6.07) is 50.5. The quantitative estimate of drug-likeness (QED) is 0.0170. The summed E-state index contributed by atoms with van der Waals surface area (Å²) in [7, 11) is 17.0. The third-order valence-corrected chi connectivity index (χ3v) is 21.7. The molecule has 4 aromatic heterocycles. The fourth-order valence-corrected chi connectivity index (χ4v) is 14.2. The molecule has 8 aromatic carbocycles. The van der Waals surface area contributed by atoms with Gasteiger partial charge < -0.3 is 107 Å². The highest BCUT2D eigenvalue weighted by Gasteiger charge is 2.39. The topological polar surface area (TPSA) is 346 Å². The van der Waals surface area contributed by atoms with Gasteiger partial charge in [0.15, 0.2) is 0 Å². The lowest BCUT2D eigenvalue weighted by molar-refractivity contribution is -0.138. The molecule has 5 heterocycles. The Hall–Kier alpha value is -16.0. The van der Waals surface area contributed by atoms with Crippen molar-refractivity contribution in [3.63, 3.8) is 0 Å². The van der Waals surface area contributed by atoms with Crippen molar-refractivity contribution in [3.8, 4) is 34.5 Å². The molecule has 0 spiro atoms. The highest BCUT2D eigenvalue weighted by Crippen LogP contribution is 2.45. The van der Waals surface area contributed by atoms with Crippen LogP contribution in [0.4, 0.5) is 144 Å². The fourth-order valence-electron chi connectivity index (χ4n) is 14.2. The number of para-hydroxylation sites is 4. The van der Waals surface area contributed by atoms with Gasteiger partial charge in [0.1, 0.15) is 70.5 Å². The SMILES string of the molecule is CCN(CC)CCOc1ccc(Nc2cc(Nc3ccccc3C(=O)NC)c(C(F)(F)F)cn2)c(OC)c1.CNC(=O)c1ccccc1Nc1cc(Nc2ccc(C(=O)N(C)C)cc2OC)ncc1C(F)(F)F.CNC(=O)c1ccccc1Nc1cc(Nc2ccc(C)cc2OC)ncc1C(F)(F)F.CNC(=O)c1ccccc1Nc1cc(Nc2ccc(OC3CCN(C)CC3)cc2OC)ncc1C(F)(F)F. The van der Waals surface area contributed by atoms with E-state index in [9.17, 15) is 76.7 Å². The smallest absolute Gasteiger partial charge is 0.419 e. The van der Waals surface area contributed by atoms with Gasteiger partial charge in [-0.05, 0) is 149 Å². The Morgan fingerprint density at radius 3 is 0.979 bits per heavy atom. The predicted octanol–water partition coefficient (Wildman–Crippen LogP) is 21.0. The molecule has 142 heavy (non-hydrogen) atoms. The Morgan fingerprint density at radius 2 is 0.669 bits per heavy atom. The molecule has 1 aliphatic heterocycles. The van der Waals surface area contributed by atoms with Gasteiger partial charge in [-0.1, -0.05) is 68.4 Å². The highest BCUT2D eigenvalue weighted by molar-refractivity contribution is 6.03. The molecule has 0 saturated carbocycles. The van der Waals surface area contributed by atoms with Crippen LogP contribution < -0.4 is 92.2 Å². The summed E-state index contributed by atoms with van der Waals surface area (Å²) in [6.45, 7) is 11.1. The van der Waals surface area contributed by atoms with Crippen molar-refractivity contribution in [1.82, 2.24) is 55.9 Å². The monoisotopic (exact) mass is 1980 g/mol. The number of rotatable bonds is 33. The Morgan fingerprint density at radius 1 is 0.373 bits per heavy atom. The summed E-state index contributed by atoms with van der Waals surface area (Å²) in [5.74, 6) is 1.57. The lowest BCUT2D eigenvalue weighted by atomic mass is 10.1. The number of benzene rings is 8. The van der Waals surface area contributed by atoms with E-state index in [1.807, 2.05) is 13.0 Å². The summed E-state index contributed by atoms with van der Waals surface area (Å²) < 4.78 is 198. The maximum absolute atomic E-state index is 13.8. The van der Waals surface area contributed by atoms with Crippen LogP contribution in [0.2, 0.25) is 0 Å². The number of ether oxygens (including phenoxy) is 6. The van der Waals surface area contributed by atoms with Gasteiger partial charge in [-0.15, -0.1) is 0 Å². The van der Waals surface area contributed by atoms with Gasteiger partial charge in [-0.2, -0.15) is 52.7 Å². The molecule has 5 amide bonds. The summed E-state index contributed by atoms with van der Waals surface area (Å²) in [5.41, 5.74) is -0.00354. The van der Waals surface area contributed by atoms with Gasteiger partial charge in [0.05, 0.1) is 141 Å². The van der Waals surface area contributed by atoms with Crippen molar-refractivity contribution in [2.45, 2.75) is 64.4 Å². The number of carbonyl (C=O) groups excluding carboxylic acids is 5. The van der Waals surface area contributed by atoms with Crippen molar-refractivity contribution in [1.29, 1.82) is 0 Å².